The van der Waals surface area contributed by atoms with Crippen LogP contribution in [0.2, 0.25) is 0 Å². The van der Waals surface area contributed by atoms with E-state index >= 15 is 0 Å². The smallest absolute Gasteiger partial charge is 0.222 e. The van der Waals surface area contributed by atoms with E-state index in [0.29, 0.717) is 6.42 Å². The summed E-state index contributed by atoms with van der Waals surface area (Å²) in [5.41, 5.74) is 3.56. The zero-order valence-electron chi connectivity index (χ0n) is 16.5. The molecule has 4 nitrogen and oxygen atoms in total. The summed E-state index contributed by atoms with van der Waals surface area (Å²) >= 11 is 0. The highest BCUT2D eigenvalue weighted by atomic mass is 16.5. The topological polar surface area (TPSA) is 42.4 Å². The molecule has 4 heteroatoms. The van der Waals surface area contributed by atoms with E-state index in [-0.39, 0.29) is 12.0 Å². The van der Waals surface area contributed by atoms with Gasteiger partial charge in [-0.15, -0.1) is 0 Å². The number of ether oxygens (including phenoxy) is 1. The average molecular weight is 374 g/mol. The van der Waals surface area contributed by atoms with Crippen molar-refractivity contribution in [1.82, 2.24) is 9.88 Å². The number of hydrogen-bond donors (Lipinski definition) is 0. The van der Waals surface area contributed by atoms with Gasteiger partial charge in [-0.3, -0.25) is 9.78 Å². The largest absolute Gasteiger partial charge is 0.490 e. The van der Waals surface area contributed by atoms with Crippen LogP contribution >= 0.6 is 0 Å². The van der Waals surface area contributed by atoms with Crippen molar-refractivity contribution < 1.29 is 9.53 Å². The molecule has 1 aromatic heterocycles. The minimum Gasteiger partial charge on any atom is -0.490 e. The molecule has 0 bridgehead atoms. The van der Waals surface area contributed by atoms with E-state index in [0.717, 1.165) is 37.1 Å². The third kappa shape index (κ3) is 3.86. The number of aryl methyl sites for hydroxylation is 1. The van der Waals surface area contributed by atoms with E-state index in [1.807, 2.05) is 36.4 Å². The predicted molar refractivity (Wildman–Crippen MR) is 112 cm³/mol. The lowest BCUT2D eigenvalue weighted by Gasteiger charge is -2.32. The van der Waals surface area contributed by atoms with Crippen LogP contribution in [-0.2, 0) is 4.79 Å². The maximum absolute atomic E-state index is 11.8. The monoisotopic (exact) mass is 374 g/mol. The van der Waals surface area contributed by atoms with Crippen LogP contribution in [0, 0.1) is 6.92 Å². The normalized spacial score (nSPS) is 15.0. The van der Waals surface area contributed by atoms with Gasteiger partial charge in [-0.25, -0.2) is 0 Å². The van der Waals surface area contributed by atoms with Crippen LogP contribution in [0.15, 0.2) is 54.9 Å². The molecule has 0 spiro atoms. The summed E-state index contributed by atoms with van der Waals surface area (Å²) in [5.74, 6) is 1.13. The summed E-state index contributed by atoms with van der Waals surface area (Å²) in [7, 11) is 0. The second-order valence-electron chi connectivity index (χ2n) is 7.47. The predicted octanol–water partition coefficient (Wildman–Crippen LogP) is 4.99. The highest BCUT2D eigenvalue weighted by Crippen LogP contribution is 2.28. The number of likely N-dealkylation sites (tertiary alicyclic amines) is 1. The van der Waals surface area contributed by atoms with Crippen LogP contribution in [0.4, 0.5) is 0 Å². The molecule has 2 heterocycles. The number of piperidine rings is 1. The summed E-state index contributed by atoms with van der Waals surface area (Å²) in [6.45, 7) is 5.59. The number of carbonyl (C=O) groups is 1. The summed E-state index contributed by atoms with van der Waals surface area (Å²) in [6, 6.07) is 14.8. The van der Waals surface area contributed by atoms with Gasteiger partial charge in [0.1, 0.15) is 11.9 Å². The maximum Gasteiger partial charge on any atom is 0.222 e. The Morgan fingerprint density at radius 2 is 1.79 bits per heavy atom. The minimum absolute atomic E-state index is 0.183. The zero-order chi connectivity index (χ0) is 19.5. The molecular weight excluding hydrogens is 348 g/mol. The second-order valence-corrected chi connectivity index (χ2v) is 7.47. The fraction of sp³-hybridized carbons (Fsp3) is 0.333. The van der Waals surface area contributed by atoms with Crippen molar-refractivity contribution in [3.05, 3.63) is 60.4 Å². The average Bonchev–Trinajstić information content (AvgIpc) is 2.74. The Morgan fingerprint density at radius 3 is 2.50 bits per heavy atom. The molecule has 2 aromatic carbocycles. The Hall–Kier alpha value is -2.88. The number of amides is 1. The van der Waals surface area contributed by atoms with Crippen molar-refractivity contribution in [1.29, 1.82) is 0 Å². The van der Waals surface area contributed by atoms with Gasteiger partial charge in [0.2, 0.25) is 5.91 Å². The number of fused-ring (bicyclic) bond motifs is 1. The van der Waals surface area contributed by atoms with E-state index in [1.165, 1.54) is 22.1 Å². The van der Waals surface area contributed by atoms with Crippen LogP contribution in [0.1, 0.15) is 31.7 Å². The molecule has 28 heavy (non-hydrogen) atoms. The summed E-state index contributed by atoms with van der Waals surface area (Å²) in [6.07, 6.45) is 6.36. The Bertz CT molecular complexity index is 974. The first-order chi connectivity index (χ1) is 13.6. The number of carbonyl (C=O) groups excluding carboxylic acids is 1. The molecule has 144 valence electrons. The fourth-order valence-electron chi connectivity index (χ4n) is 3.85. The molecule has 1 amide bonds. The van der Waals surface area contributed by atoms with Crippen molar-refractivity contribution in [3.8, 4) is 16.9 Å². The Labute approximate surface area is 166 Å². The van der Waals surface area contributed by atoms with Crippen molar-refractivity contribution >= 4 is 16.7 Å². The van der Waals surface area contributed by atoms with Crippen LogP contribution in [-0.4, -0.2) is 35.0 Å². The number of nitrogens with zero attached hydrogens (tertiary/aromatic N) is 2. The molecule has 1 saturated heterocycles. The number of aromatic nitrogens is 1. The van der Waals surface area contributed by atoms with E-state index in [4.69, 9.17) is 4.74 Å². The van der Waals surface area contributed by atoms with Crippen molar-refractivity contribution in [2.45, 2.75) is 39.2 Å². The van der Waals surface area contributed by atoms with Crippen molar-refractivity contribution in [2.24, 2.45) is 0 Å². The Morgan fingerprint density at radius 1 is 1.07 bits per heavy atom. The Balaban J connectivity index is 1.43. The van der Waals surface area contributed by atoms with Gasteiger partial charge >= 0.3 is 0 Å². The molecule has 1 aliphatic rings. The van der Waals surface area contributed by atoms with E-state index < -0.39 is 0 Å². The Kier molecular flexibility index (Phi) is 5.29. The highest BCUT2D eigenvalue weighted by molar-refractivity contribution is 5.89. The summed E-state index contributed by atoms with van der Waals surface area (Å²) in [4.78, 5) is 18.0. The molecular formula is C24H26N2O2. The van der Waals surface area contributed by atoms with Gasteiger partial charge in [0, 0.05) is 50.1 Å². The lowest BCUT2D eigenvalue weighted by Crippen LogP contribution is -2.41. The minimum atomic E-state index is 0.183. The fourth-order valence-corrected chi connectivity index (χ4v) is 3.85. The number of hydrogen-bond acceptors (Lipinski definition) is 3. The van der Waals surface area contributed by atoms with Gasteiger partial charge in [-0.1, -0.05) is 31.2 Å². The van der Waals surface area contributed by atoms with Gasteiger partial charge in [-0.05, 0) is 47.2 Å². The molecule has 3 aromatic rings. The van der Waals surface area contributed by atoms with Crippen molar-refractivity contribution in [2.75, 3.05) is 13.1 Å². The van der Waals surface area contributed by atoms with Crippen LogP contribution < -0.4 is 4.74 Å². The molecule has 1 aliphatic heterocycles. The van der Waals surface area contributed by atoms with E-state index in [9.17, 15) is 4.79 Å². The number of rotatable bonds is 4. The quantitative estimate of drug-likeness (QED) is 0.646. The van der Waals surface area contributed by atoms with Crippen LogP contribution in [0.3, 0.4) is 0 Å². The maximum atomic E-state index is 11.8. The first kappa shape index (κ1) is 18.5. The zero-order valence-corrected chi connectivity index (χ0v) is 16.5. The summed E-state index contributed by atoms with van der Waals surface area (Å²) < 4.78 is 6.15. The van der Waals surface area contributed by atoms with Crippen LogP contribution in [0.5, 0.6) is 5.75 Å². The molecule has 4 rings (SSSR count). The van der Waals surface area contributed by atoms with Crippen molar-refractivity contribution in [3.63, 3.8) is 0 Å². The van der Waals surface area contributed by atoms with Gasteiger partial charge in [0.05, 0.1) is 0 Å². The number of pyridine rings is 1. The number of benzene rings is 2. The highest BCUT2D eigenvalue weighted by Gasteiger charge is 2.22. The molecule has 1 fully saturated rings. The molecule has 0 unspecified atom stereocenters. The third-order valence-corrected chi connectivity index (χ3v) is 5.55. The molecule has 0 atom stereocenters. The second kappa shape index (κ2) is 8.01. The van der Waals surface area contributed by atoms with Gasteiger partial charge in [0.25, 0.3) is 0 Å². The van der Waals surface area contributed by atoms with Gasteiger partial charge in [0.15, 0.2) is 0 Å². The van der Waals surface area contributed by atoms with Gasteiger partial charge < -0.3 is 9.64 Å². The SMILES string of the molecule is CCC(=O)N1CCC(Oc2ccc(-c3ccc4cncc(C)c4c3)cc2)CC1. The van der Waals surface area contributed by atoms with Gasteiger partial charge in [-0.2, -0.15) is 0 Å². The molecule has 0 N–H and O–H groups in total. The standard InChI is InChI=1S/C24H26N2O2/c1-3-24(27)26-12-10-22(11-13-26)28-21-8-6-18(7-9-21)19-4-5-20-16-25-15-17(2)23(20)14-19/h4-9,14-16,22H,3,10-13H2,1-2H3. The van der Waals surface area contributed by atoms with E-state index in [2.05, 4.69) is 42.2 Å². The molecule has 0 radical (unpaired) electrons. The first-order valence-corrected chi connectivity index (χ1v) is 10.0. The summed E-state index contributed by atoms with van der Waals surface area (Å²) in [5, 5.41) is 2.40. The lowest BCUT2D eigenvalue weighted by molar-refractivity contribution is -0.132. The van der Waals surface area contributed by atoms with Crippen LogP contribution in [0.25, 0.3) is 21.9 Å². The lowest BCUT2D eigenvalue weighted by atomic mass is 10.0. The van der Waals surface area contributed by atoms with E-state index in [1.54, 1.807) is 0 Å². The molecule has 0 aliphatic carbocycles. The first-order valence-electron chi connectivity index (χ1n) is 10.0. The third-order valence-electron chi connectivity index (χ3n) is 5.55. The molecule has 0 saturated carbocycles.